The smallest absolute Gasteiger partial charge is 0.303 e. The first-order chi connectivity index (χ1) is 6.58. The number of carboxylic acid groups (broad SMARTS) is 1. The second-order valence-corrected chi connectivity index (χ2v) is 2.68. The molecule has 0 unspecified atom stereocenters. The van der Waals surface area contributed by atoms with Crippen LogP contribution in [0, 0.1) is 0 Å². The summed E-state index contributed by atoms with van der Waals surface area (Å²) in [5.41, 5.74) is 0. The van der Waals surface area contributed by atoms with Crippen molar-refractivity contribution < 1.29 is 14.7 Å². The molecule has 0 atom stereocenters. The van der Waals surface area contributed by atoms with Crippen molar-refractivity contribution in [1.29, 1.82) is 0 Å². The van der Waals surface area contributed by atoms with Gasteiger partial charge >= 0.3 is 5.97 Å². The highest BCUT2D eigenvalue weighted by atomic mass is 16.4. The van der Waals surface area contributed by atoms with Crippen LogP contribution in [0.5, 0.6) is 0 Å². The number of hydrogen-bond acceptors (Lipinski definition) is 4. The molecule has 3 N–H and O–H groups in total. The quantitative estimate of drug-likeness (QED) is 0.619. The van der Waals surface area contributed by atoms with Crippen LogP contribution in [-0.2, 0) is 16.0 Å². The number of carbonyl (C=O) groups excluding carboxylic acids is 1. The summed E-state index contributed by atoms with van der Waals surface area (Å²) in [6, 6.07) is 0. The summed E-state index contributed by atoms with van der Waals surface area (Å²) in [5.74, 6) is -0.565. The molecule has 0 fully saturated rings. The Kier molecular flexibility index (Phi) is 3.16. The van der Waals surface area contributed by atoms with Gasteiger partial charge in [0, 0.05) is 13.3 Å². The van der Waals surface area contributed by atoms with Crippen LogP contribution in [0.3, 0.4) is 0 Å². The Morgan fingerprint density at radius 3 is 2.86 bits per heavy atom. The van der Waals surface area contributed by atoms with Gasteiger partial charge in [-0.1, -0.05) is 0 Å². The number of aromatic amines is 1. The molecular formula is C7H10N4O3. The second-order valence-electron chi connectivity index (χ2n) is 2.68. The number of aromatic nitrogens is 3. The van der Waals surface area contributed by atoms with Crippen molar-refractivity contribution in [3.8, 4) is 0 Å². The van der Waals surface area contributed by atoms with Gasteiger partial charge in [-0.05, 0) is 0 Å². The van der Waals surface area contributed by atoms with E-state index in [4.69, 9.17) is 5.11 Å². The Balaban J connectivity index is 2.50. The average Bonchev–Trinajstić information content (AvgIpc) is 2.47. The van der Waals surface area contributed by atoms with Crippen LogP contribution in [-0.4, -0.2) is 32.2 Å². The Morgan fingerprint density at radius 2 is 2.29 bits per heavy atom. The van der Waals surface area contributed by atoms with Crippen molar-refractivity contribution >= 4 is 17.8 Å². The van der Waals surface area contributed by atoms with Crippen molar-refractivity contribution in [1.82, 2.24) is 15.2 Å². The molecule has 0 saturated heterocycles. The lowest BCUT2D eigenvalue weighted by Gasteiger charge is -1.91. The molecule has 14 heavy (non-hydrogen) atoms. The van der Waals surface area contributed by atoms with E-state index in [1.165, 1.54) is 6.92 Å². The van der Waals surface area contributed by atoms with Crippen molar-refractivity contribution in [2.45, 2.75) is 19.8 Å². The third-order valence-corrected chi connectivity index (χ3v) is 1.40. The molecule has 1 heterocycles. The number of rotatable bonds is 4. The van der Waals surface area contributed by atoms with Gasteiger partial charge in [-0.25, -0.2) is 0 Å². The minimum absolute atomic E-state index is 0.0191. The van der Waals surface area contributed by atoms with Gasteiger partial charge in [0.15, 0.2) is 0 Å². The van der Waals surface area contributed by atoms with Gasteiger partial charge in [-0.3, -0.25) is 20.0 Å². The van der Waals surface area contributed by atoms with E-state index in [0.717, 1.165) is 0 Å². The number of amides is 1. The summed E-state index contributed by atoms with van der Waals surface area (Å²) in [6.07, 6.45) is 0.247. The van der Waals surface area contributed by atoms with Gasteiger partial charge < -0.3 is 5.11 Å². The molecule has 0 aliphatic rings. The van der Waals surface area contributed by atoms with Crippen LogP contribution in [0.15, 0.2) is 0 Å². The first kappa shape index (κ1) is 10.2. The lowest BCUT2D eigenvalue weighted by atomic mass is 10.3. The van der Waals surface area contributed by atoms with E-state index in [2.05, 4.69) is 20.5 Å². The van der Waals surface area contributed by atoms with Gasteiger partial charge in [-0.2, -0.15) is 4.98 Å². The molecule has 0 radical (unpaired) electrons. The zero-order valence-corrected chi connectivity index (χ0v) is 7.57. The highest BCUT2D eigenvalue weighted by Gasteiger charge is 2.05. The predicted octanol–water partition coefficient (Wildman–Crippen LogP) is -0.220. The van der Waals surface area contributed by atoms with Crippen LogP contribution in [0.4, 0.5) is 5.95 Å². The lowest BCUT2D eigenvalue weighted by Crippen LogP contribution is -2.07. The van der Waals surface area contributed by atoms with E-state index in [0.29, 0.717) is 5.82 Å². The maximum atomic E-state index is 10.6. The van der Waals surface area contributed by atoms with Crippen LogP contribution in [0.1, 0.15) is 19.2 Å². The molecule has 1 aromatic heterocycles. The summed E-state index contributed by atoms with van der Waals surface area (Å²) in [6.45, 7) is 1.34. The van der Waals surface area contributed by atoms with Crippen LogP contribution < -0.4 is 5.32 Å². The SMILES string of the molecule is CC(=O)Nc1n[nH]c(CCC(=O)O)n1. The monoisotopic (exact) mass is 198 g/mol. The summed E-state index contributed by atoms with van der Waals surface area (Å²) in [4.78, 5) is 24.7. The molecule has 0 bridgehead atoms. The number of carbonyl (C=O) groups is 2. The van der Waals surface area contributed by atoms with E-state index in [-0.39, 0.29) is 24.7 Å². The van der Waals surface area contributed by atoms with E-state index >= 15 is 0 Å². The molecule has 1 amide bonds. The average molecular weight is 198 g/mol. The first-order valence-electron chi connectivity index (χ1n) is 3.98. The molecular weight excluding hydrogens is 188 g/mol. The number of aryl methyl sites for hydroxylation is 1. The number of H-pyrrole nitrogens is 1. The first-order valence-corrected chi connectivity index (χ1v) is 3.98. The molecule has 0 aromatic carbocycles. The lowest BCUT2D eigenvalue weighted by molar-refractivity contribution is -0.137. The molecule has 0 aliphatic carbocycles. The van der Waals surface area contributed by atoms with Crippen LogP contribution >= 0.6 is 0 Å². The summed E-state index contributed by atoms with van der Waals surface area (Å²) < 4.78 is 0. The van der Waals surface area contributed by atoms with Crippen molar-refractivity contribution in [3.05, 3.63) is 5.82 Å². The Labute approximate surface area is 79.5 Å². The third kappa shape index (κ3) is 3.21. The van der Waals surface area contributed by atoms with E-state index in [9.17, 15) is 9.59 Å². The topological polar surface area (TPSA) is 108 Å². The van der Waals surface area contributed by atoms with Crippen molar-refractivity contribution in [2.75, 3.05) is 5.32 Å². The molecule has 0 saturated carbocycles. The van der Waals surface area contributed by atoms with Crippen molar-refractivity contribution in [3.63, 3.8) is 0 Å². The zero-order valence-electron chi connectivity index (χ0n) is 7.57. The fraction of sp³-hybridized carbons (Fsp3) is 0.429. The summed E-state index contributed by atoms with van der Waals surface area (Å²) >= 11 is 0. The van der Waals surface area contributed by atoms with E-state index < -0.39 is 5.97 Å². The second kappa shape index (κ2) is 4.35. The number of anilines is 1. The zero-order chi connectivity index (χ0) is 10.6. The number of aliphatic carboxylic acids is 1. The number of hydrogen-bond donors (Lipinski definition) is 3. The maximum absolute atomic E-state index is 10.6. The standard InChI is InChI=1S/C7H10N4O3/c1-4(12)8-7-9-5(10-11-7)2-3-6(13)14/h2-3H2,1H3,(H,13,14)(H2,8,9,10,11,12). The Hall–Kier alpha value is -1.92. The fourth-order valence-corrected chi connectivity index (χ4v) is 0.846. The fourth-order valence-electron chi connectivity index (χ4n) is 0.846. The molecule has 7 nitrogen and oxygen atoms in total. The number of nitrogens with zero attached hydrogens (tertiary/aromatic N) is 2. The van der Waals surface area contributed by atoms with Gasteiger partial charge in [0.25, 0.3) is 0 Å². The van der Waals surface area contributed by atoms with Gasteiger partial charge in [0.05, 0.1) is 6.42 Å². The predicted molar refractivity (Wildman–Crippen MR) is 46.6 cm³/mol. The van der Waals surface area contributed by atoms with Crippen LogP contribution in [0.2, 0.25) is 0 Å². The minimum atomic E-state index is -0.900. The van der Waals surface area contributed by atoms with E-state index in [1.54, 1.807) is 0 Å². The van der Waals surface area contributed by atoms with Crippen LogP contribution in [0.25, 0.3) is 0 Å². The summed E-state index contributed by atoms with van der Waals surface area (Å²) in [7, 11) is 0. The number of nitrogens with one attached hydrogen (secondary N) is 2. The van der Waals surface area contributed by atoms with Crippen molar-refractivity contribution in [2.24, 2.45) is 0 Å². The Morgan fingerprint density at radius 1 is 1.57 bits per heavy atom. The largest absolute Gasteiger partial charge is 0.481 e. The molecule has 0 spiro atoms. The van der Waals surface area contributed by atoms with E-state index in [1.807, 2.05) is 0 Å². The summed E-state index contributed by atoms with van der Waals surface area (Å²) in [5, 5.41) is 17.0. The minimum Gasteiger partial charge on any atom is -0.481 e. The molecule has 7 heteroatoms. The highest BCUT2D eigenvalue weighted by molar-refractivity contribution is 5.86. The molecule has 76 valence electrons. The highest BCUT2D eigenvalue weighted by Crippen LogP contribution is 2.00. The molecule has 1 rings (SSSR count). The molecule has 1 aromatic rings. The van der Waals surface area contributed by atoms with Gasteiger partial charge in [0.1, 0.15) is 5.82 Å². The van der Waals surface area contributed by atoms with Gasteiger partial charge in [0.2, 0.25) is 11.9 Å². The maximum Gasteiger partial charge on any atom is 0.303 e. The number of carboxylic acids is 1. The normalized spacial score (nSPS) is 9.79. The molecule has 0 aliphatic heterocycles. The van der Waals surface area contributed by atoms with Gasteiger partial charge in [-0.15, -0.1) is 5.10 Å². The Bertz CT molecular complexity index is 346. The third-order valence-electron chi connectivity index (χ3n) is 1.40.